The van der Waals surface area contributed by atoms with Crippen LogP contribution in [0.5, 0.6) is 0 Å². The summed E-state index contributed by atoms with van der Waals surface area (Å²) in [4.78, 5) is 6.42. The monoisotopic (exact) mass is 219 g/mol. The van der Waals surface area contributed by atoms with E-state index in [-0.39, 0.29) is 0 Å². The van der Waals surface area contributed by atoms with E-state index in [4.69, 9.17) is 5.73 Å². The normalized spacial score (nSPS) is 25.2. The van der Waals surface area contributed by atoms with Gasteiger partial charge in [-0.2, -0.15) is 0 Å². The van der Waals surface area contributed by atoms with Gasteiger partial charge in [-0.05, 0) is 49.9 Å². The molecule has 3 heteroatoms. The molecule has 1 aromatic heterocycles. The molecule has 0 aromatic carbocycles. The summed E-state index contributed by atoms with van der Waals surface area (Å²) in [6.07, 6.45) is 7.40. The number of hydrogen-bond donors (Lipinski definition) is 1. The second-order valence-electron chi connectivity index (χ2n) is 4.99. The van der Waals surface area contributed by atoms with Gasteiger partial charge < -0.3 is 10.6 Å². The van der Waals surface area contributed by atoms with Crippen molar-refractivity contribution in [3.63, 3.8) is 0 Å². The van der Waals surface area contributed by atoms with Crippen molar-refractivity contribution in [3.05, 3.63) is 30.1 Å². The summed E-state index contributed by atoms with van der Waals surface area (Å²) in [5.41, 5.74) is 7.26. The van der Waals surface area contributed by atoms with Crippen LogP contribution in [0.25, 0.3) is 0 Å². The van der Waals surface area contributed by atoms with Crippen LogP contribution in [-0.4, -0.2) is 29.5 Å². The molecular formula is C13H21N3. The SMILES string of the molecule is CN(Cc1ccncc1)CC1CCC(N)C1. The number of hydrogen-bond acceptors (Lipinski definition) is 3. The number of nitrogens with two attached hydrogens (primary N) is 1. The van der Waals surface area contributed by atoms with E-state index in [2.05, 4.69) is 29.1 Å². The Morgan fingerprint density at radius 2 is 2.12 bits per heavy atom. The molecule has 1 aliphatic rings. The zero-order valence-electron chi connectivity index (χ0n) is 9.97. The topological polar surface area (TPSA) is 42.2 Å². The third-order valence-corrected chi connectivity index (χ3v) is 3.35. The standard InChI is InChI=1S/C13H21N3/c1-16(9-11-4-6-15-7-5-11)10-12-2-3-13(14)8-12/h4-7,12-13H,2-3,8-10,14H2,1H3. The van der Waals surface area contributed by atoms with Gasteiger partial charge in [-0.3, -0.25) is 4.98 Å². The Kier molecular flexibility index (Phi) is 3.91. The van der Waals surface area contributed by atoms with E-state index in [1.807, 2.05) is 12.4 Å². The lowest BCUT2D eigenvalue weighted by atomic mass is 10.1. The molecule has 1 aromatic rings. The second kappa shape index (κ2) is 5.41. The Bertz CT molecular complexity index is 312. The Balaban J connectivity index is 1.78. The predicted molar refractivity (Wildman–Crippen MR) is 65.9 cm³/mol. The molecule has 2 unspecified atom stereocenters. The summed E-state index contributed by atoms with van der Waals surface area (Å²) in [7, 11) is 2.18. The average molecular weight is 219 g/mol. The number of aromatic nitrogens is 1. The minimum Gasteiger partial charge on any atom is -0.328 e. The quantitative estimate of drug-likeness (QED) is 0.837. The Labute approximate surface area is 97.7 Å². The van der Waals surface area contributed by atoms with Crippen LogP contribution >= 0.6 is 0 Å². The minimum atomic E-state index is 0.444. The van der Waals surface area contributed by atoms with E-state index in [0.29, 0.717) is 6.04 Å². The summed E-state index contributed by atoms with van der Waals surface area (Å²) in [5, 5.41) is 0. The first-order valence-electron chi connectivity index (χ1n) is 6.07. The Morgan fingerprint density at radius 1 is 1.38 bits per heavy atom. The number of nitrogens with zero attached hydrogens (tertiary/aromatic N) is 2. The molecule has 2 N–H and O–H groups in total. The minimum absolute atomic E-state index is 0.444. The summed E-state index contributed by atoms with van der Waals surface area (Å²) in [6.45, 7) is 2.17. The number of rotatable bonds is 4. The maximum absolute atomic E-state index is 5.93. The summed E-state index contributed by atoms with van der Waals surface area (Å²) >= 11 is 0. The van der Waals surface area contributed by atoms with Crippen LogP contribution in [0, 0.1) is 5.92 Å². The van der Waals surface area contributed by atoms with Gasteiger partial charge in [0.05, 0.1) is 0 Å². The van der Waals surface area contributed by atoms with Gasteiger partial charge >= 0.3 is 0 Å². The Morgan fingerprint density at radius 3 is 2.75 bits per heavy atom. The van der Waals surface area contributed by atoms with Crippen molar-refractivity contribution in [1.29, 1.82) is 0 Å². The molecule has 0 amide bonds. The van der Waals surface area contributed by atoms with Crippen molar-refractivity contribution in [2.24, 2.45) is 11.7 Å². The molecule has 1 heterocycles. The van der Waals surface area contributed by atoms with Crippen LogP contribution < -0.4 is 5.73 Å². The molecule has 1 aliphatic carbocycles. The molecule has 88 valence electrons. The van der Waals surface area contributed by atoms with Gasteiger partial charge in [0.25, 0.3) is 0 Å². The molecule has 0 radical (unpaired) electrons. The fourth-order valence-corrected chi connectivity index (χ4v) is 2.58. The van der Waals surface area contributed by atoms with Crippen molar-refractivity contribution < 1.29 is 0 Å². The van der Waals surface area contributed by atoms with Crippen molar-refractivity contribution in [2.75, 3.05) is 13.6 Å². The first kappa shape index (κ1) is 11.6. The molecule has 2 atom stereocenters. The third-order valence-electron chi connectivity index (χ3n) is 3.35. The highest BCUT2D eigenvalue weighted by Gasteiger charge is 2.22. The van der Waals surface area contributed by atoms with Gasteiger partial charge in [-0.25, -0.2) is 0 Å². The molecule has 0 spiro atoms. The van der Waals surface area contributed by atoms with E-state index in [9.17, 15) is 0 Å². The van der Waals surface area contributed by atoms with E-state index in [1.165, 1.54) is 24.8 Å². The largest absolute Gasteiger partial charge is 0.328 e. The van der Waals surface area contributed by atoms with Gasteiger partial charge in [0.2, 0.25) is 0 Å². The van der Waals surface area contributed by atoms with Crippen LogP contribution in [0.2, 0.25) is 0 Å². The van der Waals surface area contributed by atoms with Crippen LogP contribution in [0.15, 0.2) is 24.5 Å². The molecule has 1 fully saturated rings. The van der Waals surface area contributed by atoms with Crippen LogP contribution in [0.4, 0.5) is 0 Å². The zero-order valence-corrected chi connectivity index (χ0v) is 9.97. The number of pyridine rings is 1. The summed E-state index contributed by atoms with van der Waals surface area (Å²) < 4.78 is 0. The van der Waals surface area contributed by atoms with Crippen molar-refractivity contribution in [3.8, 4) is 0 Å². The highest BCUT2D eigenvalue weighted by Crippen LogP contribution is 2.24. The zero-order chi connectivity index (χ0) is 11.4. The molecule has 1 saturated carbocycles. The van der Waals surface area contributed by atoms with Crippen LogP contribution in [-0.2, 0) is 6.54 Å². The van der Waals surface area contributed by atoms with E-state index in [1.54, 1.807) is 0 Å². The first-order valence-corrected chi connectivity index (χ1v) is 6.07. The molecule has 16 heavy (non-hydrogen) atoms. The maximum Gasteiger partial charge on any atom is 0.0271 e. The van der Waals surface area contributed by atoms with E-state index in [0.717, 1.165) is 19.0 Å². The van der Waals surface area contributed by atoms with Crippen LogP contribution in [0.3, 0.4) is 0 Å². The summed E-state index contributed by atoms with van der Waals surface area (Å²) in [5.74, 6) is 0.793. The van der Waals surface area contributed by atoms with Gasteiger partial charge in [0, 0.05) is 31.5 Å². The van der Waals surface area contributed by atoms with Crippen molar-refractivity contribution in [2.45, 2.75) is 31.8 Å². The van der Waals surface area contributed by atoms with Crippen molar-refractivity contribution in [1.82, 2.24) is 9.88 Å². The van der Waals surface area contributed by atoms with Gasteiger partial charge in [-0.1, -0.05) is 0 Å². The van der Waals surface area contributed by atoms with E-state index < -0.39 is 0 Å². The smallest absolute Gasteiger partial charge is 0.0271 e. The highest BCUT2D eigenvalue weighted by atomic mass is 15.1. The lowest BCUT2D eigenvalue weighted by Crippen LogP contribution is -2.25. The molecule has 2 rings (SSSR count). The van der Waals surface area contributed by atoms with E-state index >= 15 is 0 Å². The first-order chi connectivity index (χ1) is 7.74. The predicted octanol–water partition coefficient (Wildman–Crippen LogP) is 1.64. The lowest BCUT2D eigenvalue weighted by Gasteiger charge is -2.20. The Hall–Kier alpha value is -0.930. The van der Waals surface area contributed by atoms with Crippen molar-refractivity contribution >= 4 is 0 Å². The molecule has 0 aliphatic heterocycles. The van der Waals surface area contributed by atoms with Gasteiger partial charge in [0.1, 0.15) is 0 Å². The summed E-state index contributed by atoms with van der Waals surface area (Å²) in [6, 6.07) is 4.60. The molecule has 3 nitrogen and oxygen atoms in total. The maximum atomic E-state index is 5.93. The lowest BCUT2D eigenvalue weighted by molar-refractivity contribution is 0.270. The fourth-order valence-electron chi connectivity index (χ4n) is 2.58. The van der Waals surface area contributed by atoms with Crippen LogP contribution in [0.1, 0.15) is 24.8 Å². The molecule has 0 saturated heterocycles. The molecular weight excluding hydrogens is 198 g/mol. The average Bonchev–Trinajstić information content (AvgIpc) is 2.65. The second-order valence-corrected chi connectivity index (χ2v) is 4.99. The third kappa shape index (κ3) is 3.29. The fraction of sp³-hybridized carbons (Fsp3) is 0.615. The van der Waals surface area contributed by atoms with Gasteiger partial charge in [0.15, 0.2) is 0 Å². The van der Waals surface area contributed by atoms with Gasteiger partial charge in [-0.15, -0.1) is 0 Å². The highest BCUT2D eigenvalue weighted by molar-refractivity contribution is 5.09. The molecule has 0 bridgehead atoms.